The molecule has 0 unspecified atom stereocenters. The predicted octanol–water partition coefficient (Wildman–Crippen LogP) is 2.04. The van der Waals surface area contributed by atoms with Gasteiger partial charge in [0.15, 0.2) is 0 Å². The quantitative estimate of drug-likeness (QED) is 0.858. The maximum absolute atomic E-state index is 12.2. The number of allylic oxidation sites excluding steroid dienone is 1. The molecule has 6 heteroatoms. The number of hydrogen-bond donors (Lipinski definition) is 1. The fourth-order valence-corrected chi connectivity index (χ4v) is 2.73. The molecule has 2 heterocycles. The Balaban J connectivity index is 2.66. The Hall–Kier alpha value is -1.95. The smallest absolute Gasteiger partial charge is 0.346 e. The summed E-state index contributed by atoms with van der Waals surface area (Å²) in [4.78, 5) is 28.0. The molecule has 0 radical (unpaired) electrons. The molecular weight excluding hydrogens is 252 g/mol. The summed E-state index contributed by atoms with van der Waals surface area (Å²) in [5.41, 5.74) is 0.302. The van der Waals surface area contributed by atoms with Gasteiger partial charge < -0.3 is 5.11 Å². The SMILES string of the molecule is C=CCCn1cnc2sc(C(=O)O)c(C)c2c1=O. The monoisotopic (exact) mass is 264 g/mol. The van der Waals surface area contributed by atoms with Gasteiger partial charge in [-0.15, -0.1) is 17.9 Å². The van der Waals surface area contributed by atoms with Crippen LogP contribution in [-0.4, -0.2) is 20.6 Å². The lowest BCUT2D eigenvalue weighted by atomic mass is 10.2. The molecule has 94 valence electrons. The Morgan fingerprint density at radius 3 is 3.00 bits per heavy atom. The van der Waals surface area contributed by atoms with Crippen molar-refractivity contribution < 1.29 is 9.90 Å². The maximum Gasteiger partial charge on any atom is 0.346 e. The lowest BCUT2D eigenvalue weighted by Crippen LogP contribution is -2.20. The molecule has 18 heavy (non-hydrogen) atoms. The van der Waals surface area contributed by atoms with E-state index in [9.17, 15) is 9.59 Å². The number of thiophene rings is 1. The zero-order chi connectivity index (χ0) is 13.3. The van der Waals surface area contributed by atoms with E-state index in [1.54, 1.807) is 13.0 Å². The number of aromatic nitrogens is 2. The first-order valence-corrected chi connectivity index (χ1v) is 6.20. The van der Waals surface area contributed by atoms with Crippen LogP contribution >= 0.6 is 11.3 Å². The third-order valence-corrected chi connectivity index (χ3v) is 3.87. The molecule has 0 atom stereocenters. The summed E-state index contributed by atoms with van der Waals surface area (Å²) in [7, 11) is 0. The Bertz CT molecular complexity index is 684. The molecular formula is C12H12N2O3S. The normalized spacial score (nSPS) is 10.7. The highest BCUT2D eigenvalue weighted by Crippen LogP contribution is 2.26. The lowest BCUT2D eigenvalue weighted by Gasteiger charge is -2.02. The zero-order valence-electron chi connectivity index (χ0n) is 9.84. The van der Waals surface area contributed by atoms with E-state index >= 15 is 0 Å². The van der Waals surface area contributed by atoms with Gasteiger partial charge in [0.1, 0.15) is 9.71 Å². The Labute approximate surface area is 107 Å². The molecule has 0 fully saturated rings. The van der Waals surface area contributed by atoms with Crippen molar-refractivity contribution in [3.05, 3.63) is 39.8 Å². The highest BCUT2D eigenvalue weighted by atomic mass is 32.1. The minimum atomic E-state index is -1.02. The average molecular weight is 264 g/mol. The van der Waals surface area contributed by atoms with Crippen LogP contribution in [-0.2, 0) is 6.54 Å². The van der Waals surface area contributed by atoms with E-state index in [0.717, 1.165) is 11.3 Å². The first-order valence-electron chi connectivity index (χ1n) is 5.39. The number of nitrogens with zero attached hydrogens (tertiary/aromatic N) is 2. The van der Waals surface area contributed by atoms with Crippen LogP contribution in [0.2, 0.25) is 0 Å². The molecule has 0 saturated heterocycles. The number of carboxylic acid groups (broad SMARTS) is 1. The van der Waals surface area contributed by atoms with E-state index in [0.29, 0.717) is 28.7 Å². The van der Waals surface area contributed by atoms with Gasteiger partial charge in [-0.1, -0.05) is 6.08 Å². The maximum atomic E-state index is 12.2. The largest absolute Gasteiger partial charge is 0.477 e. The molecule has 0 aromatic carbocycles. The number of carbonyl (C=O) groups is 1. The fourth-order valence-electron chi connectivity index (χ4n) is 1.75. The molecule has 0 aliphatic carbocycles. The molecule has 0 spiro atoms. The van der Waals surface area contributed by atoms with Gasteiger partial charge in [0.25, 0.3) is 5.56 Å². The van der Waals surface area contributed by atoms with Gasteiger partial charge in [0.2, 0.25) is 0 Å². The summed E-state index contributed by atoms with van der Waals surface area (Å²) < 4.78 is 1.48. The molecule has 1 N–H and O–H groups in total. The summed E-state index contributed by atoms with van der Waals surface area (Å²) in [5, 5.41) is 9.44. The van der Waals surface area contributed by atoms with E-state index in [1.165, 1.54) is 10.9 Å². The van der Waals surface area contributed by atoms with Crippen LogP contribution < -0.4 is 5.56 Å². The molecule has 2 aromatic rings. The Kier molecular flexibility index (Phi) is 3.29. The van der Waals surface area contributed by atoms with E-state index < -0.39 is 5.97 Å². The van der Waals surface area contributed by atoms with Crippen LogP contribution in [0.3, 0.4) is 0 Å². The second-order valence-electron chi connectivity index (χ2n) is 3.86. The van der Waals surface area contributed by atoms with Crippen molar-refractivity contribution >= 4 is 27.5 Å². The zero-order valence-corrected chi connectivity index (χ0v) is 10.7. The molecule has 0 aliphatic rings. The van der Waals surface area contributed by atoms with Gasteiger partial charge in [0, 0.05) is 6.54 Å². The minimum absolute atomic E-state index is 0.177. The van der Waals surface area contributed by atoms with E-state index in [1.807, 2.05) is 0 Å². The third-order valence-electron chi connectivity index (χ3n) is 2.69. The summed E-state index contributed by atoms with van der Waals surface area (Å²) in [6.45, 7) is 5.75. The van der Waals surface area contributed by atoms with Crippen molar-refractivity contribution in [3.8, 4) is 0 Å². The van der Waals surface area contributed by atoms with Crippen LogP contribution in [0.1, 0.15) is 21.7 Å². The molecule has 0 saturated carbocycles. The van der Waals surface area contributed by atoms with Crippen molar-refractivity contribution in [1.82, 2.24) is 9.55 Å². The Morgan fingerprint density at radius 2 is 2.39 bits per heavy atom. The van der Waals surface area contributed by atoms with Crippen LogP contribution in [0.4, 0.5) is 0 Å². The van der Waals surface area contributed by atoms with Crippen LogP contribution in [0.5, 0.6) is 0 Å². The number of aryl methyl sites for hydroxylation is 2. The predicted molar refractivity (Wildman–Crippen MR) is 70.4 cm³/mol. The van der Waals surface area contributed by atoms with Gasteiger partial charge in [-0.05, 0) is 18.9 Å². The van der Waals surface area contributed by atoms with Crippen LogP contribution in [0, 0.1) is 6.92 Å². The highest BCUT2D eigenvalue weighted by molar-refractivity contribution is 7.20. The van der Waals surface area contributed by atoms with Crippen molar-refractivity contribution in [2.24, 2.45) is 0 Å². The van der Waals surface area contributed by atoms with Gasteiger partial charge in [-0.3, -0.25) is 9.36 Å². The number of aromatic carboxylic acids is 1. The third kappa shape index (κ3) is 1.95. The molecule has 0 aliphatic heterocycles. The molecule has 2 rings (SSSR count). The van der Waals surface area contributed by atoms with Crippen molar-refractivity contribution in [1.29, 1.82) is 0 Å². The number of carboxylic acids is 1. The van der Waals surface area contributed by atoms with E-state index in [-0.39, 0.29) is 10.4 Å². The first-order chi connectivity index (χ1) is 8.56. The standard InChI is InChI=1S/C12H12N2O3S/c1-3-4-5-14-6-13-10-8(11(14)15)7(2)9(18-10)12(16)17/h3,6H,1,4-5H2,2H3,(H,16,17). The fraction of sp³-hybridized carbons (Fsp3) is 0.250. The van der Waals surface area contributed by atoms with Gasteiger partial charge >= 0.3 is 5.97 Å². The second kappa shape index (κ2) is 4.73. The first kappa shape index (κ1) is 12.5. The average Bonchev–Trinajstić information content (AvgIpc) is 2.67. The Morgan fingerprint density at radius 1 is 1.67 bits per heavy atom. The van der Waals surface area contributed by atoms with Crippen LogP contribution in [0.15, 0.2) is 23.8 Å². The van der Waals surface area contributed by atoms with Gasteiger partial charge in [0.05, 0.1) is 11.7 Å². The number of fused-ring (bicyclic) bond motifs is 1. The number of hydrogen-bond acceptors (Lipinski definition) is 4. The summed E-state index contributed by atoms with van der Waals surface area (Å²) in [6.07, 6.45) is 3.84. The highest BCUT2D eigenvalue weighted by Gasteiger charge is 2.18. The molecule has 2 aromatic heterocycles. The van der Waals surface area contributed by atoms with Crippen molar-refractivity contribution in [2.75, 3.05) is 0 Å². The number of rotatable bonds is 4. The van der Waals surface area contributed by atoms with Crippen LogP contribution in [0.25, 0.3) is 10.2 Å². The molecule has 5 nitrogen and oxygen atoms in total. The van der Waals surface area contributed by atoms with E-state index in [2.05, 4.69) is 11.6 Å². The van der Waals surface area contributed by atoms with Crippen molar-refractivity contribution in [3.63, 3.8) is 0 Å². The van der Waals surface area contributed by atoms with E-state index in [4.69, 9.17) is 5.11 Å². The summed E-state index contributed by atoms with van der Waals surface area (Å²) in [5.74, 6) is -1.02. The summed E-state index contributed by atoms with van der Waals surface area (Å²) >= 11 is 1.03. The summed E-state index contributed by atoms with van der Waals surface area (Å²) in [6, 6.07) is 0. The molecule has 0 amide bonds. The molecule has 0 bridgehead atoms. The van der Waals surface area contributed by atoms with Crippen molar-refractivity contribution in [2.45, 2.75) is 19.9 Å². The van der Waals surface area contributed by atoms with Gasteiger partial charge in [-0.25, -0.2) is 9.78 Å². The van der Waals surface area contributed by atoms with Gasteiger partial charge in [-0.2, -0.15) is 0 Å². The second-order valence-corrected chi connectivity index (χ2v) is 4.86. The lowest BCUT2D eigenvalue weighted by molar-refractivity contribution is 0.0701. The minimum Gasteiger partial charge on any atom is -0.477 e. The topological polar surface area (TPSA) is 72.2 Å².